The predicted octanol–water partition coefficient (Wildman–Crippen LogP) is 2.08. The van der Waals surface area contributed by atoms with Gasteiger partial charge in [0.1, 0.15) is 5.41 Å². The van der Waals surface area contributed by atoms with E-state index in [2.05, 4.69) is 16.7 Å². The van der Waals surface area contributed by atoms with Crippen molar-refractivity contribution < 1.29 is 10.0 Å². The van der Waals surface area contributed by atoms with Gasteiger partial charge in [0.05, 0.1) is 0 Å². The number of rotatable bonds is 4. The van der Waals surface area contributed by atoms with Gasteiger partial charge >= 0.3 is 0 Å². The van der Waals surface area contributed by atoms with Crippen LogP contribution in [0.5, 0.6) is 0 Å². The molecule has 0 aromatic carbocycles. The maximum atomic E-state index is 12.6. The molecule has 2 saturated carbocycles. The van der Waals surface area contributed by atoms with Crippen LogP contribution >= 0.6 is 11.8 Å². The standard InChI is InChI=1S/C14H25N3O2S/c1-20-11-6-4-5-10(9-11)16-13(18)14(12(15)17-19)7-2-3-8-14/h10-11,19H,2-9H2,1H3,(H2,15,17)(H,16,18). The molecule has 4 N–H and O–H groups in total. The number of thioether (sulfide) groups is 1. The van der Waals surface area contributed by atoms with Gasteiger partial charge in [0.15, 0.2) is 5.84 Å². The Bertz CT molecular complexity index is 381. The van der Waals surface area contributed by atoms with E-state index < -0.39 is 5.41 Å². The number of nitrogens with two attached hydrogens (primary N) is 1. The molecule has 0 heterocycles. The Balaban J connectivity index is 2.02. The maximum absolute atomic E-state index is 12.6. The Labute approximate surface area is 124 Å². The minimum absolute atomic E-state index is 0.0444. The van der Waals surface area contributed by atoms with Crippen LogP contribution in [0.2, 0.25) is 0 Å². The summed E-state index contributed by atoms with van der Waals surface area (Å²) in [5, 5.41) is 15.9. The third kappa shape index (κ3) is 3.05. The molecular formula is C14H25N3O2S. The van der Waals surface area contributed by atoms with Crippen molar-refractivity contribution in [3.8, 4) is 0 Å². The highest BCUT2D eigenvalue weighted by molar-refractivity contribution is 7.99. The molecule has 2 atom stereocenters. The number of hydrogen-bond acceptors (Lipinski definition) is 4. The molecule has 0 saturated heterocycles. The van der Waals surface area contributed by atoms with Crippen LogP contribution in [0.3, 0.4) is 0 Å². The molecule has 0 radical (unpaired) electrons. The van der Waals surface area contributed by atoms with Gasteiger partial charge in [0.2, 0.25) is 5.91 Å². The largest absolute Gasteiger partial charge is 0.409 e. The van der Waals surface area contributed by atoms with Crippen LogP contribution in [0.1, 0.15) is 51.4 Å². The first-order chi connectivity index (χ1) is 9.62. The first kappa shape index (κ1) is 15.5. The van der Waals surface area contributed by atoms with Gasteiger partial charge in [-0.2, -0.15) is 11.8 Å². The SMILES string of the molecule is CSC1CCCC(NC(=O)C2(C(N)=NO)CCCC2)C1. The van der Waals surface area contributed by atoms with Crippen LogP contribution in [0.15, 0.2) is 5.16 Å². The number of carbonyl (C=O) groups is 1. The second kappa shape index (κ2) is 6.70. The van der Waals surface area contributed by atoms with Gasteiger partial charge in [-0.05, 0) is 38.4 Å². The lowest BCUT2D eigenvalue weighted by Gasteiger charge is -2.33. The van der Waals surface area contributed by atoms with Gasteiger partial charge in [-0.15, -0.1) is 0 Å². The highest BCUT2D eigenvalue weighted by Crippen LogP contribution is 2.39. The molecular weight excluding hydrogens is 274 g/mol. The molecule has 6 heteroatoms. The summed E-state index contributed by atoms with van der Waals surface area (Å²) in [6, 6.07) is 0.234. The van der Waals surface area contributed by atoms with Crippen molar-refractivity contribution in [2.45, 2.75) is 62.7 Å². The predicted molar refractivity (Wildman–Crippen MR) is 82.0 cm³/mol. The minimum Gasteiger partial charge on any atom is -0.409 e. The Morgan fingerprint density at radius 1 is 1.35 bits per heavy atom. The summed E-state index contributed by atoms with van der Waals surface area (Å²) in [6.45, 7) is 0. The van der Waals surface area contributed by atoms with Gasteiger partial charge in [0.25, 0.3) is 0 Å². The van der Waals surface area contributed by atoms with Gasteiger partial charge in [-0.25, -0.2) is 0 Å². The maximum Gasteiger partial charge on any atom is 0.234 e. The summed E-state index contributed by atoms with van der Waals surface area (Å²) >= 11 is 1.88. The Morgan fingerprint density at radius 3 is 2.65 bits per heavy atom. The number of hydrogen-bond donors (Lipinski definition) is 3. The van der Waals surface area contributed by atoms with Gasteiger partial charge in [0, 0.05) is 11.3 Å². The fraction of sp³-hybridized carbons (Fsp3) is 0.857. The molecule has 2 rings (SSSR count). The number of carbonyl (C=O) groups excluding carboxylic acids is 1. The summed E-state index contributed by atoms with van der Waals surface area (Å²) in [4.78, 5) is 12.6. The van der Waals surface area contributed by atoms with Crippen LogP contribution in [0.4, 0.5) is 0 Å². The molecule has 0 aliphatic heterocycles. The topological polar surface area (TPSA) is 87.7 Å². The average Bonchev–Trinajstić information content (AvgIpc) is 2.97. The minimum atomic E-state index is -0.777. The molecule has 1 amide bonds. The summed E-state index contributed by atoms with van der Waals surface area (Å²) in [5.41, 5.74) is 5.03. The second-order valence-corrected chi connectivity index (χ2v) is 7.11. The summed E-state index contributed by atoms with van der Waals surface area (Å²) in [6.07, 6.45) is 9.88. The number of oxime groups is 1. The lowest BCUT2D eigenvalue weighted by atomic mass is 9.83. The molecule has 2 unspecified atom stereocenters. The van der Waals surface area contributed by atoms with E-state index in [1.807, 2.05) is 11.8 Å². The van der Waals surface area contributed by atoms with E-state index in [0.717, 1.165) is 32.1 Å². The van der Waals surface area contributed by atoms with Crippen molar-refractivity contribution in [3.63, 3.8) is 0 Å². The fourth-order valence-electron chi connectivity index (χ4n) is 3.49. The third-order valence-electron chi connectivity index (χ3n) is 4.78. The molecule has 2 aliphatic carbocycles. The van der Waals surface area contributed by atoms with Crippen LogP contribution in [-0.2, 0) is 4.79 Å². The summed E-state index contributed by atoms with van der Waals surface area (Å²) < 4.78 is 0. The van der Waals surface area contributed by atoms with E-state index in [9.17, 15) is 4.79 Å². The van der Waals surface area contributed by atoms with E-state index in [0.29, 0.717) is 18.1 Å². The van der Waals surface area contributed by atoms with Crippen molar-refractivity contribution in [2.75, 3.05) is 6.26 Å². The highest BCUT2D eigenvalue weighted by Gasteiger charge is 2.46. The highest BCUT2D eigenvalue weighted by atomic mass is 32.2. The molecule has 5 nitrogen and oxygen atoms in total. The third-order valence-corrected chi connectivity index (χ3v) is 5.88. The van der Waals surface area contributed by atoms with Crippen LogP contribution in [0, 0.1) is 5.41 Å². The van der Waals surface area contributed by atoms with Crippen molar-refractivity contribution in [2.24, 2.45) is 16.3 Å². The number of amides is 1. The van der Waals surface area contributed by atoms with Crippen LogP contribution in [-0.4, -0.2) is 34.5 Å². The van der Waals surface area contributed by atoms with Gasteiger partial charge < -0.3 is 16.3 Å². The summed E-state index contributed by atoms with van der Waals surface area (Å²) in [7, 11) is 0. The van der Waals surface area contributed by atoms with E-state index >= 15 is 0 Å². The van der Waals surface area contributed by atoms with E-state index in [1.165, 1.54) is 6.42 Å². The lowest BCUT2D eigenvalue weighted by molar-refractivity contribution is -0.128. The quantitative estimate of drug-likeness (QED) is 0.321. The van der Waals surface area contributed by atoms with Crippen molar-refractivity contribution >= 4 is 23.5 Å². The number of amidine groups is 1. The number of nitrogens with one attached hydrogen (secondary N) is 1. The normalized spacial score (nSPS) is 30.1. The molecule has 114 valence electrons. The fourth-order valence-corrected chi connectivity index (χ4v) is 4.31. The zero-order valence-corrected chi connectivity index (χ0v) is 12.9. The molecule has 0 aromatic rings. The molecule has 0 bridgehead atoms. The molecule has 0 spiro atoms. The Morgan fingerprint density at radius 2 is 2.05 bits per heavy atom. The number of nitrogens with zero attached hydrogens (tertiary/aromatic N) is 1. The lowest BCUT2D eigenvalue weighted by Crippen LogP contribution is -2.52. The van der Waals surface area contributed by atoms with Crippen molar-refractivity contribution in [3.05, 3.63) is 0 Å². The monoisotopic (exact) mass is 299 g/mol. The molecule has 2 aliphatic rings. The Hall–Kier alpha value is -0.910. The summed E-state index contributed by atoms with van der Waals surface area (Å²) in [5.74, 6) is 0.0294. The molecule has 2 fully saturated rings. The van der Waals surface area contributed by atoms with E-state index in [4.69, 9.17) is 10.9 Å². The van der Waals surface area contributed by atoms with E-state index in [-0.39, 0.29) is 17.8 Å². The van der Waals surface area contributed by atoms with Crippen molar-refractivity contribution in [1.29, 1.82) is 0 Å². The first-order valence-corrected chi connectivity index (χ1v) is 8.73. The molecule has 20 heavy (non-hydrogen) atoms. The smallest absolute Gasteiger partial charge is 0.234 e. The average molecular weight is 299 g/mol. The van der Waals surface area contributed by atoms with Gasteiger partial charge in [-0.3, -0.25) is 4.79 Å². The Kier molecular flexibility index (Phi) is 5.18. The molecule has 0 aromatic heterocycles. The van der Waals surface area contributed by atoms with Gasteiger partial charge in [-0.1, -0.05) is 24.4 Å². The zero-order valence-electron chi connectivity index (χ0n) is 12.1. The van der Waals surface area contributed by atoms with Crippen LogP contribution < -0.4 is 11.1 Å². The van der Waals surface area contributed by atoms with Crippen molar-refractivity contribution in [1.82, 2.24) is 5.32 Å². The first-order valence-electron chi connectivity index (χ1n) is 7.44. The van der Waals surface area contributed by atoms with Crippen LogP contribution in [0.25, 0.3) is 0 Å². The van der Waals surface area contributed by atoms with E-state index in [1.54, 1.807) is 0 Å². The zero-order chi connectivity index (χ0) is 14.6. The second-order valence-electron chi connectivity index (χ2n) is 5.97.